The van der Waals surface area contributed by atoms with E-state index in [0.29, 0.717) is 24.1 Å². The maximum atomic E-state index is 12.3. The summed E-state index contributed by atoms with van der Waals surface area (Å²) in [5.41, 5.74) is 2.58. The minimum Gasteiger partial charge on any atom is -0.396 e. The third-order valence-electron chi connectivity index (χ3n) is 3.53. The Morgan fingerprint density at radius 2 is 2.00 bits per heavy atom. The molecule has 0 aliphatic heterocycles. The zero-order valence-electron chi connectivity index (χ0n) is 12.7. The lowest BCUT2D eigenvalue weighted by Gasteiger charge is -2.15. The predicted molar refractivity (Wildman–Crippen MR) is 78.2 cm³/mol. The van der Waals surface area contributed by atoms with Gasteiger partial charge in [-0.15, -0.1) is 0 Å². The zero-order valence-corrected chi connectivity index (χ0v) is 12.7. The summed E-state index contributed by atoms with van der Waals surface area (Å²) >= 11 is 0. The first-order chi connectivity index (χ1) is 9.46. The number of amides is 1. The van der Waals surface area contributed by atoms with E-state index in [4.69, 9.17) is 5.11 Å². The van der Waals surface area contributed by atoms with Gasteiger partial charge in [-0.2, -0.15) is 0 Å². The number of carbonyl (C=O) groups is 2. The average Bonchev–Trinajstić information content (AvgIpc) is 2.74. The van der Waals surface area contributed by atoms with Gasteiger partial charge in [-0.25, -0.2) is 0 Å². The third-order valence-corrected chi connectivity index (χ3v) is 3.53. The van der Waals surface area contributed by atoms with Crippen LogP contribution in [0.2, 0.25) is 0 Å². The van der Waals surface area contributed by atoms with Crippen molar-refractivity contribution in [1.82, 2.24) is 10.3 Å². The van der Waals surface area contributed by atoms with E-state index >= 15 is 0 Å². The molecule has 5 nitrogen and oxygen atoms in total. The minimum absolute atomic E-state index is 0.0305. The smallest absolute Gasteiger partial charge is 0.268 e. The Labute approximate surface area is 119 Å². The van der Waals surface area contributed by atoms with Crippen LogP contribution in [0.4, 0.5) is 0 Å². The minimum atomic E-state index is -0.210. The summed E-state index contributed by atoms with van der Waals surface area (Å²) in [6.45, 7) is 7.25. The normalized spacial score (nSPS) is 12.2. The highest BCUT2D eigenvalue weighted by Crippen LogP contribution is 2.20. The number of nitrogens with one attached hydrogen (secondary N) is 2. The van der Waals surface area contributed by atoms with Crippen LogP contribution < -0.4 is 5.32 Å². The number of ketones is 1. The highest BCUT2D eigenvalue weighted by molar-refractivity contribution is 6.02. The fraction of sp³-hybridized carbons (Fsp3) is 0.600. The number of carbonyl (C=O) groups excluding carboxylic acids is 2. The molecule has 0 aliphatic rings. The second-order valence-electron chi connectivity index (χ2n) is 4.98. The molecular formula is C15H24N2O3. The summed E-state index contributed by atoms with van der Waals surface area (Å²) < 4.78 is 0. The molecule has 0 spiro atoms. The lowest BCUT2D eigenvalue weighted by atomic mass is 10.0. The number of aliphatic hydroxyl groups excluding tert-OH is 1. The van der Waals surface area contributed by atoms with Crippen molar-refractivity contribution in [3.8, 4) is 0 Å². The van der Waals surface area contributed by atoms with Crippen molar-refractivity contribution in [1.29, 1.82) is 0 Å². The van der Waals surface area contributed by atoms with Crippen molar-refractivity contribution in [2.24, 2.45) is 0 Å². The topological polar surface area (TPSA) is 82.2 Å². The van der Waals surface area contributed by atoms with Crippen molar-refractivity contribution in [2.45, 2.75) is 53.0 Å². The van der Waals surface area contributed by atoms with Crippen LogP contribution in [0.5, 0.6) is 0 Å². The monoisotopic (exact) mass is 280 g/mol. The van der Waals surface area contributed by atoms with Gasteiger partial charge >= 0.3 is 0 Å². The van der Waals surface area contributed by atoms with Crippen LogP contribution in [-0.2, 0) is 6.42 Å². The molecule has 0 radical (unpaired) electrons. The van der Waals surface area contributed by atoms with Gasteiger partial charge in [-0.3, -0.25) is 9.59 Å². The number of aliphatic hydroxyl groups is 1. The maximum absolute atomic E-state index is 12.3. The molecule has 1 heterocycles. The van der Waals surface area contributed by atoms with Gasteiger partial charge in [-0.1, -0.05) is 13.8 Å². The van der Waals surface area contributed by atoms with Gasteiger partial charge in [-0.05, 0) is 38.7 Å². The fourth-order valence-corrected chi connectivity index (χ4v) is 2.49. The van der Waals surface area contributed by atoms with Gasteiger partial charge < -0.3 is 15.4 Å². The summed E-state index contributed by atoms with van der Waals surface area (Å²) in [7, 11) is 0. The van der Waals surface area contributed by atoms with Crippen molar-refractivity contribution in [3.63, 3.8) is 0 Å². The van der Waals surface area contributed by atoms with E-state index in [1.54, 1.807) is 6.92 Å². The van der Waals surface area contributed by atoms with Gasteiger partial charge in [0, 0.05) is 23.9 Å². The summed E-state index contributed by atoms with van der Waals surface area (Å²) in [5.74, 6) is -0.241. The molecule has 0 saturated heterocycles. The fourth-order valence-electron chi connectivity index (χ4n) is 2.49. The molecule has 5 heteroatoms. The van der Waals surface area contributed by atoms with Crippen molar-refractivity contribution < 1.29 is 14.7 Å². The molecule has 0 saturated carbocycles. The molecule has 0 fully saturated rings. The van der Waals surface area contributed by atoms with Crippen LogP contribution in [0.25, 0.3) is 0 Å². The van der Waals surface area contributed by atoms with E-state index in [1.165, 1.54) is 6.92 Å². The molecule has 1 aromatic heterocycles. The van der Waals surface area contributed by atoms with Crippen molar-refractivity contribution in [3.05, 3.63) is 22.5 Å². The molecule has 1 atom stereocenters. The number of H-pyrrole nitrogens is 1. The number of Topliss-reactive ketones (excluding diaryl/α,β-unsaturated/α-hetero) is 1. The van der Waals surface area contributed by atoms with Crippen LogP contribution in [0.3, 0.4) is 0 Å². The number of aromatic amines is 1. The Hall–Kier alpha value is -1.62. The molecule has 1 unspecified atom stereocenters. The van der Waals surface area contributed by atoms with Crippen LogP contribution in [0.15, 0.2) is 0 Å². The summed E-state index contributed by atoms with van der Waals surface area (Å²) in [6, 6.07) is -0.0541. The van der Waals surface area contributed by atoms with Crippen LogP contribution in [-0.4, -0.2) is 34.4 Å². The van der Waals surface area contributed by atoms with Crippen LogP contribution in [0.1, 0.15) is 65.7 Å². The van der Waals surface area contributed by atoms with E-state index in [0.717, 1.165) is 17.7 Å². The predicted octanol–water partition coefficient (Wildman–Crippen LogP) is 1.98. The summed E-state index contributed by atoms with van der Waals surface area (Å²) in [4.78, 5) is 27.0. The van der Waals surface area contributed by atoms with E-state index < -0.39 is 0 Å². The third kappa shape index (κ3) is 3.48. The standard InChI is InChI=1S/C15H24N2O3/c1-5-11(7-8-18)17-15(20)14-12(6-2)13(10(4)19)9(3)16-14/h11,16,18H,5-8H2,1-4H3,(H,17,20). The number of hydrogen-bond acceptors (Lipinski definition) is 3. The second-order valence-corrected chi connectivity index (χ2v) is 4.98. The highest BCUT2D eigenvalue weighted by atomic mass is 16.3. The zero-order chi connectivity index (χ0) is 15.3. The average molecular weight is 280 g/mol. The molecular weight excluding hydrogens is 256 g/mol. The quantitative estimate of drug-likeness (QED) is 0.668. The lowest BCUT2D eigenvalue weighted by molar-refractivity contribution is 0.0923. The Morgan fingerprint density at radius 3 is 2.45 bits per heavy atom. The molecule has 20 heavy (non-hydrogen) atoms. The Bertz CT molecular complexity index is 492. The van der Waals surface area contributed by atoms with E-state index in [2.05, 4.69) is 10.3 Å². The first-order valence-electron chi connectivity index (χ1n) is 7.10. The lowest BCUT2D eigenvalue weighted by Crippen LogP contribution is -2.35. The molecule has 0 aromatic carbocycles. The van der Waals surface area contributed by atoms with Gasteiger partial charge in [0.1, 0.15) is 5.69 Å². The Balaban J connectivity index is 3.04. The highest BCUT2D eigenvalue weighted by Gasteiger charge is 2.22. The summed E-state index contributed by atoms with van der Waals surface area (Å²) in [6.07, 6.45) is 1.91. The van der Waals surface area contributed by atoms with E-state index in [9.17, 15) is 9.59 Å². The van der Waals surface area contributed by atoms with Gasteiger partial charge in [0.05, 0.1) is 0 Å². The SMILES string of the molecule is CCc1c(C(=O)NC(CC)CCO)[nH]c(C)c1C(C)=O. The molecule has 3 N–H and O–H groups in total. The van der Waals surface area contributed by atoms with Crippen LogP contribution >= 0.6 is 0 Å². The Kier molecular flexibility index (Phi) is 5.95. The summed E-state index contributed by atoms with van der Waals surface area (Å²) in [5, 5.41) is 11.9. The number of hydrogen-bond donors (Lipinski definition) is 3. The molecule has 0 bridgehead atoms. The Morgan fingerprint density at radius 1 is 1.35 bits per heavy atom. The first kappa shape index (κ1) is 16.4. The maximum Gasteiger partial charge on any atom is 0.268 e. The molecule has 112 valence electrons. The van der Waals surface area contributed by atoms with Crippen molar-refractivity contribution in [2.75, 3.05) is 6.61 Å². The van der Waals surface area contributed by atoms with Gasteiger partial charge in [0.25, 0.3) is 5.91 Å². The van der Waals surface area contributed by atoms with Crippen molar-refractivity contribution >= 4 is 11.7 Å². The van der Waals surface area contributed by atoms with E-state index in [-0.39, 0.29) is 24.3 Å². The second kappa shape index (κ2) is 7.24. The van der Waals surface area contributed by atoms with Gasteiger partial charge in [0.15, 0.2) is 5.78 Å². The number of aryl methyl sites for hydroxylation is 1. The molecule has 0 aliphatic carbocycles. The number of aromatic nitrogens is 1. The molecule has 1 aromatic rings. The molecule has 1 rings (SSSR count). The van der Waals surface area contributed by atoms with Crippen LogP contribution in [0, 0.1) is 6.92 Å². The first-order valence-corrected chi connectivity index (χ1v) is 7.10. The largest absolute Gasteiger partial charge is 0.396 e. The molecule has 1 amide bonds. The van der Waals surface area contributed by atoms with Gasteiger partial charge in [0.2, 0.25) is 0 Å². The van der Waals surface area contributed by atoms with E-state index in [1.807, 2.05) is 13.8 Å². The number of rotatable bonds is 7.